The molecule has 5 rings (SSSR count). The van der Waals surface area contributed by atoms with E-state index in [1.807, 2.05) is 26.0 Å². The number of aromatic amines is 1. The molecule has 0 saturated carbocycles. The van der Waals surface area contributed by atoms with Gasteiger partial charge in [0.25, 0.3) is 5.56 Å². The standard InChI is InChI=1S/C26H33N9O/c1-26(2,18-27)35-15-13-33(14-16-35)20-9-7-19(8-10-20)29-23-22-21(17-28-32-24(22)36)30-25(31-23)34-11-5-3-4-6-12-34/h7-10,17H,3-6,11-16H2,1-2H3,(H,32,36)(H,29,30,31). The van der Waals surface area contributed by atoms with E-state index in [1.54, 1.807) is 6.20 Å². The van der Waals surface area contributed by atoms with Crippen molar-refractivity contribution in [1.82, 2.24) is 25.1 Å². The zero-order chi connectivity index (χ0) is 25.1. The van der Waals surface area contributed by atoms with Gasteiger partial charge in [-0.1, -0.05) is 12.8 Å². The summed E-state index contributed by atoms with van der Waals surface area (Å²) in [6.45, 7) is 9.21. The molecule has 10 nitrogen and oxygen atoms in total. The van der Waals surface area contributed by atoms with Gasteiger partial charge in [-0.05, 0) is 51.0 Å². The average molecular weight is 488 g/mol. The molecule has 10 heteroatoms. The molecule has 4 heterocycles. The van der Waals surface area contributed by atoms with Crippen molar-refractivity contribution in [3.8, 4) is 6.07 Å². The van der Waals surface area contributed by atoms with Gasteiger partial charge in [0.05, 0.1) is 12.3 Å². The van der Waals surface area contributed by atoms with Gasteiger partial charge in [-0.2, -0.15) is 15.3 Å². The maximum Gasteiger partial charge on any atom is 0.277 e. The second-order valence-electron chi connectivity index (χ2n) is 10.0. The monoisotopic (exact) mass is 487 g/mol. The molecule has 2 aliphatic rings. The largest absolute Gasteiger partial charge is 0.369 e. The van der Waals surface area contributed by atoms with Gasteiger partial charge >= 0.3 is 0 Å². The summed E-state index contributed by atoms with van der Waals surface area (Å²) in [5.41, 5.74) is 1.76. The molecule has 0 atom stereocenters. The molecule has 0 spiro atoms. The highest BCUT2D eigenvalue weighted by molar-refractivity contribution is 5.90. The van der Waals surface area contributed by atoms with Gasteiger partial charge in [0, 0.05) is 50.6 Å². The fourth-order valence-corrected chi connectivity index (χ4v) is 4.98. The number of H-pyrrole nitrogens is 1. The van der Waals surface area contributed by atoms with E-state index in [9.17, 15) is 10.1 Å². The number of nitriles is 1. The van der Waals surface area contributed by atoms with Crippen LogP contribution in [0.15, 0.2) is 35.3 Å². The van der Waals surface area contributed by atoms with Crippen LogP contribution < -0.4 is 20.7 Å². The number of nitrogens with zero attached hydrogens (tertiary/aromatic N) is 7. The van der Waals surface area contributed by atoms with Crippen LogP contribution in [0.1, 0.15) is 39.5 Å². The van der Waals surface area contributed by atoms with E-state index in [4.69, 9.17) is 4.98 Å². The van der Waals surface area contributed by atoms with Gasteiger partial charge in [-0.25, -0.2) is 10.1 Å². The molecule has 3 aromatic rings. The van der Waals surface area contributed by atoms with Crippen molar-refractivity contribution in [2.45, 2.75) is 45.1 Å². The quantitative estimate of drug-likeness (QED) is 0.559. The first-order chi connectivity index (χ1) is 17.4. The molecule has 188 valence electrons. The van der Waals surface area contributed by atoms with Gasteiger partial charge in [0.1, 0.15) is 22.3 Å². The maximum absolute atomic E-state index is 12.6. The maximum atomic E-state index is 12.6. The Balaban J connectivity index is 1.36. The Bertz CT molecular complexity index is 1300. The molecule has 0 bridgehead atoms. The number of benzene rings is 1. The van der Waals surface area contributed by atoms with E-state index in [0.717, 1.165) is 63.5 Å². The third kappa shape index (κ3) is 4.97. The van der Waals surface area contributed by atoms with Crippen LogP contribution in [0, 0.1) is 11.3 Å². The van der Waals surface area contributed by atoms with Crippen LogP contribution in [-0.2, 0) is 0 Å². The van der Waals surface area contributed by atoms with Crippen molar-refractivity contribution in [2.24, 2.45) is 0 Å². The number of hydrogen-bond donors (Lipinski definition) is 2. The van der Waals surface area contributed by atoms with Gasteiger partial charge in [0.15, 0.2) is 0 Å². The first-order valence-corrected chi connectivity index (χ1v) is 12.7. The molecule has 2 aliphatic heterocycles. The summed E-state index contributed by atoms with van der Waals surface area (Å²) in [4.78, 5) is 28.9. The second kappa shape index (κ2) is 10.1. The van der Waals surface area contributed by atoms with Crippen molar-refractivity contribution in [2.75, 3.05) is 54.4 Å². The van der Waals surface area contributed by atoms with Crippen molar-refractivity contribution in [1.29, 1.82) is 5.26 Å². The number of piperazine rings is 1. The van der Waals surface area contributed by atoms with E-state index >= 15 is 0 Å². The molecule has 0 amide bonds. The van der Waals surface area contributed by atoms with Crippen LogP contribution in [0.4, 0.5) is 23.1 Å². The lowest BCUT2D eigenvalue weighted by atomic mass is 10.0. The Morgan fingerprint density at radius 2 is 1.64 bits per heavy atom. The summed E-state index contributed by atoms with van der Waals surface area (Å²) in [5, 5.41) is 19.6. The van der Waals surface area contributed by atoms with Crippen molar-refractivity contribution < 1.29 is 0 Å². The molecule has 36 heavy (non-hydrogen) atoms. The highest BCUT2D eigenvalue weighted by Gasteiger charge is 2.29. The molecular weight excluding hydrogens is 454 g/mol. The van der Waals surface area contributed by atoms with Gasteiger partial charge in [-0.15, -0.1) is 0 Å². The summed E-state index contributed by atoms with van der Waals surface area (Å²) in [6.07, 6.45) is 6.24. The average Bonchev–Trinajstić information content (AvgIpc) is 3.19. The zero-order valence-electron chi connectivity index (χ0n) is 21.0. The van der Waals surface area contributed by atoms with Gasteiger partial charge in [0.2, 0.25) is 5.95 Å². The molecule has 0 aliphatic carbocycles. The Hall–Kier alpha value is -3.71. The van der Waals surface area contributed by atoms with Crippen LogP contribution in [0.5, 0.6) is 0 Å². The van der Waals surface area contributed by atoms with Crippen LogP contribution >= 0.6 is 0 Å². The van der Waals surface area contributed by atoms with E-state index in [2.05, 4.69) is 53.4 Å². The van der Waals surface area contributed by atoms with E-state index in [0.29, 0.717) is 22.7 Å². The van der Waals surface area contributed by atoms with E-state index in [-0.39, 0.29) is 5.56 Å². The molecule has 2 aromatic heterocycles. The number of nitrogens with one attached hydrogen (secondary N) is 2. The number of anilines is 4. The smallest absolute Gasteiger partial charge is 0.277 e. The third-order valence-corrected chi connectivity index (χ3v) is 7.23. The second-order valence-corrected chi connectivity index (χ2v) is 10.0. The number of aromatic nitrogens is 4. The predicted octanol–water partition coefficient (Wildman–Crippen LogP) is 3.26. The van der Waals surface area contributed by atoms with Crippen LogP contribution in [0.3, 0.4) is 0 Å². The minimum Gasteiger partial charge on any atom is -0.369 e. The Morgan fingerprint density at radius 1 is 0.944 bits per heavy atom. The van der Waals surface area contributed by atoms with Gasteiger partial charge < -0.3 is 15.1 Å². The van der Waals surface area contributed by atoms with Crippen LogP contribution in [0.25, 0.3) is 10.9 Å². The van der Waals surface area contributed by atoms with Crippen molar-refractivity contribution in [3.63, 3.8) is 0 Å². The normalized spacial score (nSPS) is 17.6. The van der Waals surface area contributed by atoms with Crippen molar-refractivity contribution in [3.05, 3.63) is 40.8 Å². The fourth-order valence-electron chi connectivity index (χ4n) is 4.98. The SMILES string of the molecule is CC(C)(C#N)N1CCN(c2ccc(Nc3nc(N4CCCCCC4)nc4cn[nH]c(=O)c34)cc2)CC1. The number of rotatable bonds is 5. The lowest BCUT2D eigenvalue weighted by Gasteiger charge is -2.41. The molecule has 2 N–H and O–H groups in total. The van der Waals surface area contributed by atoms with Gasteiger partial charge in [-0.3, -0.25) is 9.69 Å². The minimum absolute atomic E-state index is 0.313. The lowest BCUT2D eigenvalue weighted by molar-refractivity contribution is 0.158. The molecule has 2 saturated heterocycles. The predicted molar refractivity (Wildman–Crippen MR) is 142 cm³/mol. The van der Waals surface area contributed by atoms with E-state index in [1.165, 1.54) is 12.8 Å². The first kappa shape index (κ1) is 24.0. The molecule has 0 radical (unpaired) electrons. The third-order valence-electron chi connectivity index (χ3n) is 7.23. The summed E-state index contributed by atoms with van der Waals surface area (Å²) in [7, 11) is 0. The first-order valence-electron chi connectivity index (χ1n) is 12.7. The Labute approximate surface area is 210 Å². The zero-order valence-corrected chi connectivity index (χ0v) is 21.0. The lowest BCUT2D eigenvalue weighted by Crippen LogP contribution is -2.54. The summed E-state index contributed by atoms with van der Waals surface area (Å²) >= 11 is 0. The van der Waals surface area contributed by atoms with Crippen LogP contribution in [-0.4, -0.2) is 69.9 Å². The van der Waals surface area contributed by atoms with Crippen molar-refractivity contribution >= 4 is 34.0 Å². The Kier molecular flexibility index (Phi) is 6.74. The minimum atomic E-state index is -0.445. The highest BCUT2D eigenvalue weighted by Crippen LogP contribution is 2.27. The summed E-state index contributed by atoms with van der Waals surface area (Å²) in [5.74, 6) is 1.12. The Morgan fingerprint density at radius 3 is 2.31 bits per heavy atom. The van der Waals surface area contributed by atoms with E-state index < -0.39 is 5.54 Å². The molecule has 2 fully saturated rings. The molecular formula is C26H33N9O. The number of fused-ring (bicyclic) bond motifs is 1. The fraction of sp³-hybridized carbons (Fsp3) is 0.500. The summed E-state index contributed by atoms with van der Waals surface area (Å²) < 4.78 is 0. The topological polar surface area (TPSA) is 117 Å². The molecule has 0 unspecified atom stereocenters. The number of hydrogen-bond acceptors (Lipinski definition) is 9. The summed E-state index contributed by atoms with van der Waals surface area (Å²) in [6, 6.07) is 10.6. The molecule has 1 aromatic carbocycles. The van der Waals surface area contributed by atoms with Crippen LogP contribution in [0.2, 0.25) is 0 Å². The highest BCUT2D eigenvalue weighted by atomic mass is 16.1.